The van der Waals surface area contributed by atoms with Crippen LogP contribution in [0.15, 0.2) is 12.7 Å². The Morgan fingerprint density at radius 3 is 2.31 bits per heavy atom. The average molecular weight is 223 g/mol. The van der Waals surface area contributed by atoms with Gasteiger partial charge >= 0.3 is 0 Å². The van der Waals surface area contributed by atoms with Crippen LogP contribution in [0.25, 0.3) is 0 Å². The van der Waals surface area contributed by atoms with E-state index >= 15 is 0 Å². The standard InChI is InChI=1S/C14H25NO/c1-4-7-10-13(16)14(11-8-9-12-14)15(5-2)6-3/h4H,1,5-12H2,2-3H3. The van der Waals surface area contributed by atoms with E-state index in [1.54, 1.807) is 0 Å². The third-order valence-electron chi connectivity index (χ3n) is 3.89. The molecule has 92 valence electrons. The number of carbonyl (C=O) groups is 1. The van der Waals surface area contributed by atoms with Gasteiger partial charge in [0.2, 0.25) is 0 Å². The fraction of sp³-hybridized carbons (Fsp3) is 0.786. The second-order valence-electron chi connectivity index (χ2n) is 4.66. The van der Waals surface area contributed by atoms with Crippen LogP contribution in [0.2, 0.25) is 0 Å². The second kappa shape index (κ2) is 6.19. The highest BCUT2D eigenvalue weighted by Gasteiger charge is 2.43. The molecule has 0 atom stereocenters. The van der Waals surface area contributed by atoms with Gasteiger partial charge in [0.05, 0.1) is 5.54 Å². The summed E-state index contributed by atoms with van der Waals surface area (Å²) in [6.07, 6.45) is 7.87. The Hall–Kier alpha value is -0.630. The quantitative estimate of drug-likeness (QED) is 0.618. The van der Waals surface area contributed by atoms with E-state index in [2.05, 4.69) is 25.3 Å². The molecule has 0 N–H and O–H groups in total. The van der Waals surface area contributed by atoms with Gasteiger partial charge in [-0.05, 0) is 32.4 Å². The lowest BCUT2D eigenvalue weighted by atomic mass is 9.87. The van der Waals surface area contributed by atoms with Crippen LogP contribution in [0.3, 0.4) is 0 Å². The maximum atomic E-state index is 12.4. The van der Waals surface area contributed by atoms with Gasteiger partial charge in [0.1, 0.15) is 0 Å². The monoisotopic (exact) mass is 223 g/mol. The summed E-state index contributed by atoms with van der Waals surface area (Å²) >= 11 is 0. The zero-order chi connectivity index (χ0) is 12.0. The number of hydrogen-bond donors (Lipinski definition) is 0. The minimum Gasteiger partial charge on any atom is -0.298 e. The molecule has 2 heteroatoms. The molecule has 1 fully saturated rings. The van der Waals surface area contributed by atoms with Crippen molar-refractivity contribution in [2.24, 2.45) is 0 Å². The van der Waals surface area contributed by atoms with Crippen molar-refractivity contribution < 1.29 is 4.79 Å². The van der Waals surface area contributed by atoms with Crippen molar-refractivity contribution >= 4 is 5.78 Å². The number of hydrogen-bond acceptors (Lipinski definition) is 2. The van der Waals surface area contributed by atoms with E-state index in [1.807, 2.05) is 6.08 Å². The van der Waals surface area contributed by atoms with Crippen LogP contribution in [-0.2, 0) is 4.79 Å². The molecule has 0 radical (unpaired) electrons. The molecule has 0 aromatic carbocycles. The van der Waals surface area contributed by atoms with E-state index in [-0.39, 0.29) is 5.54 Å². The molecule has 0 amide bonds. The first-order valence-electron chi connectivity index (χ1n) is 6.60. The highest BCUT2D eigenvalue weighted by molar-refractivity contribution is 5.88. The topological polar surface area (TPSA) is 20.3 Å². The summed E-state index contributed by atoms with van der Waals surface area (Å²) in [5.41, 5.74) is -0.132. The molecule has 0 unspecified atom stereocenters. The third-order valence-corrected chi connectivity index (χ3v) is 3.89. The van der Waals surface area contributed by atoms with Crippen LogP contribution in [0, 0.1) is 0 Å². The molecule has 1 rings (SSSR count). The Morgan fingerprint density at radius 2 is 1.88 bits per heavy atom. The molecule has 0 heterocycles. The molecule has 0 spiro atoms. The lowest BCUT2D eigenvalue weighted by Crippen LogP contribution is -2.52. The summed E-state index contributed by atoms with van der Waals surface area (Å²) in [6.45, 7) is 9.98. The van der Waals surface area contributed by atoms with Crippen molar-refractivity contribution in [3.05, 3.63) is 12.7 Å². The third kappa shape index (κ3) is 2.54. The molecule has 16 heavy (non-hydrogen) atoms. The number of rotatable bonds is 7. The Kier molecular flexibility index (Phi) is 5.20. The van der Waals surface area contributed by atoms with Crippen LogP contribution in [0.4, 0.5) is 0 Å². The highest BCUT2D eigenvalue weighted by atomic mass is 16.1. The first-order chi connectivity index (χ1) is 7.71. The van der Waals surface area contributed by atoms with E-state index in [1.165, 1.54) is 12.8 Å². The number of ketones is 1. The number of likely N-dealkylation sites (N-methyl/N-ethyl adjacent to an activating group) is 1. The fourth-order valence-electron chi connectivity index (χ4n) is 3.03. The van der Waals surface area contributed by atoms with E-state index < -0.39 is 0 Å². The Labute approximate surface area is 99.7 Å². The van der Waals surface area contributed by atoms with E-state index in [0.717, 1.165) is 32.4 Å². The molecule has 0 bridgehead atoms. The van der Waals surface area contributed by atoms with Gasteiger partial charge in [-0.1, -0.05) is 32.8 Å². The van der Waals surface area contributed by atoms with Crippen molar-refractivity contribution in [2.75, 3.05) is 13.1 Å². The predicted molar refractivity (Wildman–Crippen MR) is 68.6 cm³/mol. The van der Waals surface area contributed by atoms with Gasteiger partial charge in [-0.15, -0.1) is 6.58 Å². The summed E-state index contributed by atoms with van der Waals surface area (Å²) in [6, 6.07) is 0. The smallest absolute Gasteiger partial charge is 0.153 e. The molecule has 2 nitrogen and oxygen atoms in total. The van der Waals surface area contributed by atoms with E-state index in [4.69, 9.17) is 0 Å². The first-order valence-corrected chi connectivity index (χ1v) is 6.60. The SMILES string of the molecule is C=CCCC(=O)C1(N(CC)CC)CCCC1. The summed E-state index contributed by atoms with van der Waals surface area (Å²) in [5.74, 6) is 0.439. The minimum atomic E-state index is -0.132. The van der Waals surface area contributed by atoms with E-state index in [0.29, 0.717) is 12.2 Å². The molecular weight excluding hydrogens is 198 g/mol. The summed E-state index contributed by atoms with van der Waals surface area (Å²) < 4.78 is 0. The van der Waals surface area contributed by atoms with Crippen molar-refractivity contribution in [2.45, 2.75) is 57.9 Å². The Bertz CT molecular complexity index is 237. The summed E-state index contributed by atoms with van der Waals surface area (Å²) in [4.78, 5) is 14.8. The number of nitrogens with zero attached hydrogens (tertiary/aromatic N) is 1. The minimum absolute atomic E-state index is 0.132. The largest absolute Gasteiger partial charge is 0.298 e. The maximum absolute atomic E-state index is 12.4. The Morgan fingerprint density at radius 1 is 1.31 bits per heavy atom. The van der Waals surface area contributed by atoms with Gasteiger partial charge in [-0.25, -0.2) is 0 Å². The molecule has 1 aliphatic carbocycles. The average Bonchev–Trinajstić information content (AvgIpc) is 2.78. The van der Waals surface area contributed by atoms with Gasteiger partial charge < -0.3 is 0 Å². The van der Waals surface area contributed by atoms with Crippen LogP contribution >= 0.6 is 0 Å². The van der Waals surface area contributed by atoms with Gasteiger partial charge in [0.15, 0.2) is 5.78 Å². The van der Waals surface area contributed by atoms with Gasteiger partial charge in [0.25, 0.3) is 0 Å². The number of allylic oxidation sites excluding steroid dienone is 1. The molecule has 0 aromatic rings. The lowest BCUT2D eigenvalue weighted by molar-refractivity contribution is -0.131. The predicted octanol–water partition coefficient (Wildman–Crippen LogP) is 3.18. The van der Waals surface area contributed by atoms with Crippen LogP contribution in [-0.4, -0.2) is 29.3 Å². The zero-order valence-electron chi connectivity index (χ0n) is 10.8. The zero-order valence-corrected chi connectivity index (χ0v) is 10.8. The Balaban J connectivity index is 2.78. The second-order valence-corrected chi connectivity index (χ2v) is 4.66. The number of carbonyl (C=O) groups excluding carboxylic acids is 1. The van der Waals surface area contributed by atoms with Gasteiger partial charge in [-0.3, -0.25) is 9.69 Å². The molecular formula is C14H25NO. The van der Waals surface area contributed by atoms with Crippen molar-refractivity contribution in [3.63, 3.8) is 0 Å². The van der Waals surface area contributed by atoms with Gasteiger partial charge in [0, 0.05) is 6.42 Å². The summed E-state index contributed by atoms with van der Waals surface area (Å²) in [5, 5.41) is 0. The van der Waals surface area contributed by atoms with Crippen LogP contribution in [0.5, 0.6) is 0 Å². The highest BCUT2D eigenvalue weighted by Crippen LogP contribution is 2.37. The molecule has 0 aliphatic heterocycles. The normalized spacial score (nSPS) is 18.9. The molecule has 1 aliphatic rings. The fourth-order valence-corrected chi connectivity index (χ4v) is 3.03. The first kappa shape index (κ1) is 13.4. The lowest BCUT2D eigenvalue weighted by Gasteiger charge is -2.39. The maximum Gasteiger partial charge on any atom is 0.153 e. The van der Waals surface area contributed by atoms with E-state index in [9.17, 15) is 4.79 Å². The van der Waals surface area contributed by atoms with Crippen molar-refractivity contribution in [3.8, 4) is 0 Å². The van der Waals surface area contributed by atoms with Crippen LogP contribution in [0.1, 0.15) is 52.4 Å². The molecule has 0 saturated heterocycles. The van der Waals surface area contributed by atoms with Crippen molar-refractivity contribution in [1.29, 1.82) is 0 Å². The summed E-state index contributed by atoms with van der Waals surface area (Å²) in [7, 11) is 0. The van der Waals surface area contributed by atoms with Gasteiger partial charge in [-0.2, -0.15) is 0 Å². The van der Waals surface area contributed by atoms with Crippen molar-refractivity contribution in [1.82, 2.24) is 4.90 Å². The molecule has 1 saturated carbocycles. The molecule has 0 aromatic heterocycles. The number of Topliss-reactive ketones (excluding diaryl/α,β-unsaturated/α-hetero) is 1. The van der Waals surface area contributed by atoms with Crippen LogP contribution < -0.4 is 0 Å².